The quantitative estimate of drug-likeness (QED) is 0.693. The number of rotatable bonds is 5. The molecule has 1 amide bonds. The Morgan fingerprint density at radius 2 is 2.00 bits per heavy atom. The molecule has 1 aliphatic rings. The largest absolute Gasteiger partial charge is 0.384 e. The second-order valence-electron chi connectivity index (χ2n) is 8.06. The summed E-state index contributed by atoms with van der Waals surface area (Å²) >= 11 is 0. The van der Waals surface area contributed by atoms with E-state index < -0.39 is 5.60 Å². The van der Waals surface area contributed by atoms with Crippen molar-refractivity contribution in [3.05, 3.63) is 60.4 Å². The highest BCUT2D eigenvalue weighted by Crippen LogP contribution is 2.29. The molecule has 2 N–H and O–H groups in total. The van der Waals surface area contributed by atoms with E-state index in [2.05, 4.69) is 20.6 Å². The van der Waals surface area contributed by atoms with Gasteiger partial charge in [0.05, 0.1) is 18.3 Å². The molecule has 1 saturated carbocycles. The van der Waals surface area contributed by atoms with Gasteiger partial charge in [0, 0.05) is 24.3 Å². The minimum absolute atomic E-state index is 0.00364. The third-order valence-corrected chi connectivity index (χ3v) is 5.40. The molecule has 1 aliphatic carbocycles. The number of nitrogens with zero attached hydrogens (tertiary/aromatic N) is 5. The predicted octanol–water partition coefficient (Wildman–Crippen LogP) is 2.60. The maximum atomic E-state index is 12.9. The van der Waals surface area contributed by atoms with E-state index in [-0.39, 0.29) is 18.0 Å². The third kappa shape index (κ3) is 4.22. The fraction of sp³-hybridized carbons (Fsp3) is 0.429. The van der Waals surface area contributed by atoms with E-state index in [0.717, 1.165) is 31.4 Å². The molecule has 0 bridgehead atoms. The topological polar surface area (TPSA) is 97.9 Å². The fourth-order valence-corrected chi connectivity index (χ4v) is 3.77. The highest BCUT2D eigenvalue weighted by Gasteiger charge is 2.31. The van der Waals surface area contributed by atoms with Gasteiger partial charge in [-0.15, -0.1) is 5.10 Å². The highest BCUT2D eigenvalue weighted by molar-refractivity contribution is 5.93. The lowest BCUT2D eigenvalue weighted by atomic mass is 9.90. The van der Waals surface area contributed by atoms with Crippen molar-refractivity contribution in [2.45, 2.75) is 57.2 Å². The molecule has 0 unspecified atom stereocenters. The van der Waals surface area contributed by atoms with Gasteiger partial charge in [-0.1, -0.05) is 18.1 Å². The zero-order chi connectivity index (χ0) is 20.4. The number of pyridine rings is 1. The Balaban J connectivity index is 1.52. The van der Waals surface area contributed by atoms with Gasteiger partial charge in [-0.05, 0) is 51.0 Å². The van der Waals surface area contributed by atoms with Crippen LogP contribution >= 0.6 is 0 Å². The second kappa shape index (κ2) is 7.79. The Morgan fingerprint density at radius 3 is 2.72 bits per heavy atom. The molecule has 4 rings (SSSR count). The highest BCUT2D eigenvalue weighted by atomic mass is 16.3. The molecule has 3 aromatic heterocycles. The van der Waals surface area contributed by atoms with Gasteiger partial charge in [-0.25, -0.2) is 4.68 Å². The Labute approximate surface area is 169 Å². The van der Waals surface area contributed by atoms with Crippen molar-refractivity contribution in [2.75, 3.05) is 0 Å². The first kappa shape index (κ1) is 19.3. The Hall–Kier alpha value is -3.00. The Bertz CT molecular complexity index is 973. The Kier molecular flexibility index (Phi) is 5.19. The lowest BCUT2D eigenvalue weighted by molar-refractivity contribution is 0.0735. The van der Waals surface area contributed by atoms with Crippen LogP contribution in [0.15, 0.2) is 49.1 Å². The van der Waals surface area contributed by atoms with E-state index in [1.54, 1.807) is 37.0 Å². The van der Waals surface area contributed by atoms with Crippen LogP contribution in [0.5, 0.6) is 0 Å². The molecular formula is C21H26N6O2. The predicted molar refractivity (Wildman–Crippen MR) is 108 cm³/mol. The molecule has 0 radical (unpaired) electrons. The lowest BCUT2D eigenvalue weighted by Crippen LogP contribution is -2.43. The third-order valence-electron chi connectivity index (χ3n) is 5.40. The summed E-state index contributed by atoms with van der Waals surface area (Å²) in [5.41, 5.74) is 0.751. The number of amides is 1. The molecule has 0 spiro atoms. The number of hydrogen-bond acceptors (Lipinski definition) is 5. The molecule has 0 aliphatic heterocycles. The first-order valence-corrected chi connectivity index (χ1v) is 9.97. The van der Waals surface area contributed by atoms with Crippen molar-refractivity contribution in [2.24, 2.45) is 0 Å². The normalized spacial score (nSPS) is 19.8. The van der Waals surface area contributed by atoms with Crippen molar-refractivity contribution < 1.29 is 9.90 Å². The number of aliphatic hydroxyl groups is 1. The summed E-state index contributed by atoms with van der Waals surface area (Å²) in [6.45, 7) is 3.37. The summed E-state index contributed by atoms with van der Waals surface area (Å²) in [6.07, 6.45) is 11.2. The number of nitrogens with one attached hydrogen (secondary N) is 1. The summed E-state index contributed by atoms with van der Waals surface area (Å²) in [4.78, 5) is 17.2. The van der Waals surface area contributed by atoms with Crippen molar-refractivity contribution >= 4 is 5.91 Å². The maximum Gasteiger partial charge on any atom is 0.270 e. The zero-order valence-electron chi connectivity index (χ0n) is 16.7. The minimum atomic E-state index is -1.05. The van der Waals surface area contributed by atoms with E-state index in [1.165, 1.54) is 0 Å². The van der Waals surface area contributed by atoms with Crippen LogP contribution < -0.4 is 5.32 Å². The van der Waals surface area contributed by atoms with E-state index in [9.17, 15) is 9.90 Å². The lowest BCUT2D eigenvalue weighted by Gasteiger charge is -2.32. The minimum Gasteiger partial charge on any atom is -0.384 e. The van der Waals surface area contributed by atoms with Gasteiger partial charge in [0.15, 0.2) is 0 Å². The van der Waals surface area contributed by atoms with Crippen LogP contribution in [0.3, 0.4) is 0 Å². The van der Waals surface area contributed by atoms with Gasteiger partial charge < -0.3 is 15.0 Å². The van der Waals surface area contributed by atoms with E-state index in [0.29, 0.717) is 11.4 Å². The number of hydrogen-bond donors (Lipinski definition) is 2. The molecule has 8 heteroatoms. The summed E-state index contributed by atoms with van der Waals surface area (Å²) < 4.78 is 3.72. The monoisotopic (exact) mass is 394 g/mol. The van der Waals surface area contributed by atoms with E-state index in [1.807, 2.05) is 35.2 Å². The molecule has 3 heterocycles. The average molecular weight is 394 g/mol. The number of aromatic nitrogens is 5. The van der Waals surface area contributed by atoms with Gasteiger partial charge in [0.1, 0.15) is 17.0 Å². The van der Waals surface area contributed by atoms with Gasteiger partial charge >= 0.3 is 0 Å². The molecule has 29 heavy (non-hydrogen) atoms. The van der Waals surface area contributed by atoms with E-state index >= 15 is 0 Å². The van der Waals surface area contributed by atoms with Crippen molar-refractivity contribution in [3.8, 4) is 5.69 Å². The van der Waals surface area contributed by atoms with Crippen molar-refractivity contribution in [1.82, 2.24) is 29.9 Å². The van der Waals surface area contributed by atoms with Gasteiger partial charge in [-0.2, -0.15) is 0 Å². The summed E-state index contributed by atoms with van der Waals surface area (Å²) in [7, 11) is 0. The molecule has 1 fully saturated rings. The van der Waals surface area contributed by atoms with Crippen molar-refractivity contribution in [1.29, 1.82) is 0 Å². The maximum absolute atomic E-state index is 12.9. The summed E-state index contributed by atoms with van der Waals surface area (Å²) in [5.74, 6) is -0.196. The average Bonchev–Trinajstić information content (AvgIpc) is 3.40. The van der Waals surface area contributed by atoms with Crippen LogP contribution in [0, 0.1) is 0 Å². The number of carbonyl (C=O) groups excluding carboxylic acids is 1. The molecule has 2 atom stereocenters. The fourth-order valence-electron chi connectivity index (χ4n) is 3.77. The van der Waals surface area contributed by atoms with Gasteiger partial charge in [0.2, 0.25) is 0 Å². The molecule has 0 saturated heterocycles. The van der Waals surface area contributed by atoms with Crippen LogP contribution in [-0.2, 0) is 5.60 Å². The SMILES string of the molecule is CC(C)(O)c1cn([C@@H]2CCCC[C@@H]2NC(=O)c2cc(-n3cccc3)ccn2)nn1. The van der Waals surface area contributed by atoms with Crippen LogP contribution in [0.2, 0.25) is 0 Å². The molecular weight excluding hydrogens is 368 g/mol. The summed E-state index contributed by atoms with van der Waals surface area (Å²) in [6, 6.07) is 7.47. The van der Waals surface area contributed by atoms with E-state index in [4.69, 9.17) is 0 Å². The zero-order valence-corrected chi connectivity index (χ0v) is 16.7. The molecule has 152 valence electrons. The molecule has 0 aromatic carbocycles. The van der Waals surface area contributed by atoms with Gasteiger partial charge in [0.25, 0.3) is 5.91 Å². The van der Waals surface area contributed by atoms with Crippen LogP contribution in [-0.4, -0.2) is 41.6 Å². The number of carbonyl (C=O) groups is 1. The van der Waals surface area contributed by atoms with Crippen LogP contribution in [0.25, 0.3) is 5.69 Å². The molecule has 8 nitrogen and oxygen atoms in total. The first-order chi connectivity index (χ1) is 13.9. The Morgan fingerprint density at radius 1 is 1.24 bits per heavy atom. The van der Waals surface area contributed by atoms with Gasteiger partial charge in [-0.3, -0.25) is 9.78 Å². The second-order valence-corrected chi connectivity index (χ2v) is 8.06. The summed E-state index contributed by atoms with van der Waals surface area (Å²) in [5, 5.41) is 21.6. The molecule has 3 aromatic rings. The van der Waals surface area contributed by atoms with Crippen LogP contribution in [0.1, 0.15) is 61.8 Å². The van der Waals surface area contributed by atoms with Crippen LogP contribution in [0.4, 0.5) is 0 Å². The first-order valence-electron chi connectivity index (χ1n) is 9.97. The smallest absolute Gasteiger partial charge is 0.270 e. The van der Waals surface area contributed by atoms with Crippen molar-refractivity contribution in [3.63, 3.8) is 0 Å². The standard InChI is InChI=1S/C21H26N6O2/c1-21(2,29)19-14-27(25-24-19)18-8-4-3-7-16(18)23-20(28)17-13-15(9-10-22-17)26-11-5-6-12-26/h5-6,9-14,16,18,29H,3-4,7-8H2,1-2H3,(H,23,28)/t16-,18+/m0/s1.